The Labute approximate surface area is 181 Å². The lowest BCUT2D eigenvalue weighted by Crippen LogP contribution is -2.35. The second-order valence-electron chi connectivity index (χ2n) is 7.17. The SMILES string of the molecule is COc1ccc2cc(C(=O)N3CCc4nc(NC(=O)c5ccccn5)sc4C3)[nH]c2c1. The van der Waals surface area contributed by atoms with Crippen LogP contribution in [-0.2, 0) is 13.0 Å². The molecule has 8 nitrogen and oxygen atoms in total. The number of aromatic nitrogens is 3. The van der Waals surface area contributed by atoms with Gasteiger partial charge in [0.05, 0.1) is 19.3 Å². The number of pyridine rings is 1. The van der Waals surface area contributed by atoms with Gasteiger partial charge in [-0.25, -0.2) is 4.98 Å². The Kier molecular flexibility index (Phi) is 4.87. The number of nitrogens with one attached hydrogen (secondary N) is 2. The molecule has 2 N–H and O–H groups in total. The summed E-state index contributed by atoms with van der Waals surface area (Å²) in [5.41, 5.74) is 2.66. The summed E-state index contributed by atoms with van der Waals surface area (Å²) in [6.07, 6.45) is 2.22. The number of aromatic amines is 1. The largest absolute Gasteiger partial charge is 0.497 e. The Morgan fingerprint density at radius 2 is 2.13 bits per heavy atom. The first kappa shape index (κ1) is 19.3. The standard InChI is InChI=1S/C22H19N5O3S/c1-30-14-6-5-13-10-18(24-17(13)11-14)21(29)27-9-7-15-19(12-27)31-22(25-15)26-20(28)16-4-2-3-8-23-16/h2-6,8,10-11,24H,7,9,12H2,1H3,(H,25,26,28). The summed E-state index contributed by atoms with van der Waals surface area (Å²) >= 11 is 1.39. The van der Waals surface area contributed by atoms with Crippen molar-refractivity contribution in [3.63, 3.8) is 0 Å². The van der Waals surface area contributed by atoms with E-state index in [1.807, 2.05) is 24.3 Å². The Morgan fingerprint density at radius 3 is 2.94 bits per heavy atom. The van der Waals surface area contributed by atoms with Crippen molar-refractivity contribution >= 4 is 39.2 Å². The Balaban J connectivity index is 1.31. The molecule has 0 radical (unpaired) electrons. The van der Waals surface area contributed by atoms with Gasteiger partial charge in [-0.2, -0.15) is 0 Å². The van der Waals surface area contributed by atoms with Crippen molar-refractivity contribution in [2.45, 2.75) is 13.0 Å². The first-order valence-electron chi connectivity index (χ1n) is 9.78. The Bertz CT molecular complexity index is 1280. The molecule has 0 aliphatic carbocycles. The zero-order valence-electron chi connectivity index (χ0n) is 16.7. The molecule has 0 saturated carbocycles. The van der Waals surface area contributed by atoms with E-state index in [0.29, 0.717) is 36.0 Å². The molecule has 0 atom stereocenters. The summed E-state index contributed by atoms with van der Waals surface area (Å²) in [6.45, 7) is 1.03. The Morgan fingerprint density at radius 1 is 1.23 bits per heavy atom. The van der Waals surface area contributed by atoms with Crippen molar-refractivity contribution in [3.05, 3.63) is 70.6 Å². The van der Waals surface area contributed by atoms with Crippen molar-refractivity contribution in [1.29, 1.82) is 0 Å². The van der Waals surface area contributed by atoms with Crippen LogP contribution >= 0.6 is 11.3 Å². The molecule has 0 spiro atoms. The van der Waals surface area contributed by atoms with Gasteiger partial charge in [0, 0.05) is 41.0 Å². The van der Waals surface area contributed by atoms with Crippen molar-refractivity contribution in [2.24, 2.45) is 0 Å². The minimum atomic E-state index is -0.298. The average Bonchev–Trinajstić information content (AvgIpc) is 3.41. The number of amides is 2. The van der Waals surface area contributed by atoms with Gasteiger partial charge in [0.2, 0.25) is 0 Å². The average molecular weight is 433 g/mol. The van der Waals surface area contributed by atoms with Gasteiger partial charge in [-0.05, 0) is 30.3 Å². The normalized spacial score (nSPS) is 13.1. The molecule has 1 aliphatic heterocycles. The van der Waals surface area contributed by atoms with Crippen molar-refractivity contribution in [1.82, 2.24) is 19.9 Å². The summed E-state index contributed by atoms with van der Waals surface area (Å²) in [5.74, 6) is 0.377. The smallest absolute Gasteiger partial charge is 0.276 e. The third kappa shape index (κ3) is 3.75. The van der Waals surface area contributed by atoms with E-state index in [2.05, 4.69) is 20.3 Å². The predicted octanol–water partition coefficient (Wildman–Crippen LogP) is 3.48. The van der Waals surface area contributed by atoms with Crippen molar-refractivity contribution in [2.75, 3.05) is 19.0 Å². The van der Waals surface area contributed by atoms with Gasteiger partial charge in [-0.15, -0.1) is 0 Å². The van der Waals surface area contributed by atoms with Gasteiger partial charge in [0.1, 0.15) is 17.1 Å². The van der Waals surface area contributed by atoms with E-state index in [0.717, 1.165) is 27.2 Å². The van der Waals surface area contributed by atoms with Crippen molar-refractivity contribution < 1.29 is 14.3 Å². The van der Waals surface area contributed by atoms with Crippen LogP contribution in [0.5, 0.6) is 5.75 Å². The van der Waals surface area contributed by atoms with Gasteiger partial charge in [0.25, 0.3) is 11.8 Å². The number of anilines is 1. The van der Waals surface area contributed by atoms with Gasteiger partial charge >= 0.3 is 0 Å². The summed E-state index contributed by atoms with van der Waals surface area (Å²) in [7, 11) is 1.61. The maximum atomic E-state index is 13.1. The maximum absolute atomic E-state index is 13.1. The van der Waals surface area contributed by atoms with Gasteiger partial charge in [-0.3, -0.25) is 19.9 Å². The number of nitrogens with zero attached hydrogens (tertiary/aromatic N) is 3. The minimum Gasteiger partial charge on any atom is -0.497 e. The highest BCUT2D eigenvalue weighted by atomic mass is 32.1. The molecule has 9 heteroatoms. The molecule has 0 saturated heterocycles. The number of ether oxygens (including phenoxy) is 1. The fourth-order valence-electron chi connectivity index (χ4n) is 3.60. The summed E-state index contributed by atoms with van der Waals surface area (Å²) < 4.78 is 5.25. The van der Waals surface area contributed by atoms with Gasteiger partial charge < -0.3 is 14.6 Å². The zero-order chi connectivity index (χ0) is 21.4. The number of methoxy groups -OCH3 is 1. The zero-order valence-corrected chi connectivity index (χ0v) is 17.5. The molecule has 2 amide bonds. The second-order valence-corrected chi connectivity index (χ2v) is 8.25. The lowest BCUT2D eigenvalue weighted by molar-refractivity contribution is 0.0731. The molecule has 4 heterocycles. The molecule has 31 heavy (non-hydrogen) atoms. The van der Waals surface area contributed by atoms with E-state index in [1.165, 1.54) is 11.3 Å². The number of hydrogen-bond acceptors (Lipinski definition) is 6. The number of fused-ring (bicyclic) bond motifs is 2. The lowest BCUT2D eigenvalue weighted by atomic mass is 10.1. The molecule has 1 aliphatic rings. The van der Waals surface area contributed by atoms with Gasteiger partial charge in [0.15, 0.2) is 5.13 Å². The maximum Gasteiger partial charge on any atom is 0.276 e. The van der Waals surface area contributed by atoms with E-state index in [1.54, 1.807) is 36.4 Å². The van der Waals surface area contributed by atoms with E-state index in [4.69, 9.17) is 4.74 Å². The number of H-pyrrole nitrogens is 1. The van der Waals surface area contributed by atoms with E-state index in [9.17, 15) is 9.59 Å². The topological polar surface area (TPSA) is 100 Å². The first-order chi connectivity index (χ1) is 15.1. The molecule has 0 unspecified atom stereocenters. The molecular formula is C22H19N5O3S. The molecule has 156 valence electrons. The van der Waals surface area contributed by atoms with Crippen molar-refractivity contribution in [3.8, 4) is 5.75 Å². The number of hydrogen-bond donors (Lipinski definition) is 2. The number of benzene rings is 1. The predicted molar refractivity (Wildman–Crippen MR) is 118 cm³/mol. The highest BCUT2D eigenvalue weighted by Gasteiger charge is 2.26. The highest BCUT2D eigenvalue weighted by molar-refractivity contribution is 7.15. The number of thiazole rings is 1. The van der Waals surface area contributed by atoms with Crippen LogP contribution in [0.15, 0.2) is 48.7 Å². The molecule has 5 rings (SSSR count). The fraction of sp³-hybridized carbons (Fsp3) is 0.182. The molecular weight excluding hydrogens is 414 g/mol. The molecule has 4 aromatic rings. The van der Waals surface area contributed by atoms with E-state index < -0.39 is 0 Å². The number of rotatable bonds is 4. The second kappa shape index (κ2) is 7.84. The van der Waals surface area contributed by atoms with Crippen LogP contribution in [0.25, 0.3) is 10.9 Å². The van der Waals surface area contributed by atoms with Crippen LogP contribution in [0.4, 0.5) is 5.13 Å². The molecule has 0 bridgehead atoms. The summed E-state index contributed by atoms with van der Waals surface area (Å²) in [6, 6.07) is 12.7. The van der Waals surface area contributed by atoms with Crippen LogP contribution in [0, 0.1) is 0 Å². The quantitative estimate of drug-likeness (QED) is 0.513. The lowest BCUT2D eigenvalue weighted by Gasteiger charge is -2.25. The third-order valence-electron chi connectivity index (χ3n) is 5.20. The molecule has 1 aromatic carbocycles. The number of carbonyl (C=O) groups excluding carboxylic acids is 2. The Hall–Kier alpha value is -3.72. The van der Waals surface area contributed by atoms with Crippen LogP contribution in [-0.4, -0.2) is 45.3 Å². The number of carbonyl (C=O) groups is 2. The first-order valence-corrected chi connectivity index (χ1v) is 10.6. The molecule has 0 fully saturated rings. The summed E-state index contributed by atoms with van der Waals surface area (Å²) in [4.78, 5) is 40.0. The minimum absolute atomic E-state index is 0.0618. The van der Waals surface area contributed by atoms with E-state index >= 15 is 0 Å². The van der Waals surface area contributed by atoms with Crippen LogP contribution in [0.3, 0.4) is 0 Å². The summed E-state index contributed by atoms with van der Waals surface area (Å²) in [5, 5.41) is 4.28. The fourth-order valence-corrected chi connectivity index (χ4v) is 4.62. The van der Waals surface area contributed by atoms with E-state index in [-0.39, 0.29) is 11.8 Å². The monoisotopic (exact) mass is 433 g/mol. The van der Waals surface area contributed by atoms with Gasteiger partial charge in [-0.1, -0.05) is 17.4 Å². The van der Waals surface area contributed by atoms with Crippen LogP contribution < -0.4 is 10.1 Å². The molecule has 3 aromatic heterocycles. The van der Waals surface area contributed by atoms with Crippen LogP contribution in [0.1, 0.15) is 31.5 Å². The third-order valence-corrected chi connectivity index (χ3v) is 6.19. The van der Waals surface area contributed by atoms with Crippen LogP contribution in [0.2, 0.25) is 0 Å². The highest BCUT2D eigenvalue weighted by Crippen LogP contribution is 2.30.